The van der Waals surface area contributed by atoms with E-state index in [0.29, 0.717) is 0 Å². The van der Waals surface area contributed by atoms with E-state index in [1.165, 1.54) is 17.8 Å². The Morgan fingerprint density at radius 2 is 1.62 bits per heavy atom. The molecule has 0 atom stereocenters. The maximum atomic E-state index is 10.7. The van der Waals surface area contributed by atoms with Gasteiger partial charge in [-0.2, -0.15) is 0 Å². The molecule has 0 aliphatic carbocycles. The fraction of sp³-hybridized carbons (Fsp3) is 0.278. The Kier molecular flexibility index (Phi) is 6.18. The topological polar surface area (TPSA) is 62.0 Å². The summed E-state index contributed by atoms with van der Waals surface area (Å²) in [6.45, 7) is 3.78. The monoisotopic (exact) mass is 388 g/mol. The minimum absolute atomic E-state index is 0.00622. The van der Waals surface area contributed by atoms with Crippen molar-refractivity contribution < 1.29 is 4.92 Å². The van der Waals surface area contributed by atoms with Crippen molar-refractivity contribution in [2.45, 2.75) is 4.71 Å². The maximum Gasteiger partial charge on any atom is 0.269 e. The Morgan fingerprint density at radius 1 is 1.00 bits per heavy atom. The van der Waals surface area contributed by atoms with Crippen LogP contribution in [0.5, 0.6) is 0 Å². The van der Waals surface area contributed by atoms with Crippen LogP contribution in [0, 0.1) is 10.1 Å². The summed E-state index contributed by atoms with van der Waals surface area (Å²) in [4.78, 5) is 19.2. The molecule has 0 N–H and O–H groups in total. The van der Waals surface area contributed by atoms with Crippen LogP contribution in [0.1, 0.15) is 5.56 Å². The summed E-state index contributed by atoms with van der Waals surface area (Å²) in [6, 6.07) is 14.4. The Bertz CT molecular complexity index is 771. The van der Waals surface area contributed by atoms with Crippen LogP contribution >= 0.6 is 25.3 Å². The van der Waals surface area contributed by atoms with E-state index >= 15 is 0 Å². The molecule has 1 saturated heterocycles. The number of non-ortho nitro benzene ring substituents is 1. The van der Waals surface area contributed by atoms with Gasteiger partial charge in [0.25, 0.3) is 5.69 Å². The molecular formula is C18H20N4O2S2. The molecule has 1 fully saturated rings. The van der Waals surface area contributed by atoms with Crippen molar-refractivity contribution in [2.75, 3.05) is 31.1 Å². The fourth-order valence-electron chi connectivity index (χ4n) is 2.79. The summed E-state index contributed by atoms with van der Waals surface area (Å²) in [5.74, 6) is 0. The SMILES string of the molecule is O=[N+]([O-])c1ccc(C=Nc2ccc(N3CCN(C(S)S)CC3)cc2)cc1. The number of anilines is 1. The third-order valence-corrected chi connectivity index (χ3v) is 4.98. The highest BCUT2D eigenvalue weighted by Crippen LogP contribution is 2.22. The predicted octanol–water partition coefficient (Wildman–Crippen LogP) is 3.61. The van der Waals surface area contributed by atoms with E-state index in [0.717, 1.165) is 37.4 Å². The number of rotatable bonds is 5. The number of aliphatic imine (C=N–C) groups is 1. The van der Waals surface area contributed by atoms with Gasteiger partial charge in [0, 0.05) is 50.2 Å². The number of nitro groups is 1. The van der Waals surface area contributed by atoms with Gasteiger partial charge in [-0.25, -0.2) is 0 Å². The van der Waals surface area contributed by atoms with Crippen LogP contribution < -0.4 is 4.90 Å². The number of thiol groups is 2. The van der Waals surface area contributed by atoms with Gasteiger partial charge in [0.2, 0.25) is 0 Å². The molecule has 26 heavy (non-hydrogen) atoms. The van der Waals surface area contributed by atoms with Crippen molar-refractivity contribution in [3.05, 3.63) is 64.2 Å². The molecule has 8 heteroatoms. The van der Waals surface area contributed by atoms with Gasteiger partial charge in [0.15, 0.2) is 0 Å². The molecule has 0 bridgehead atoms. The zero-order valence-electron chi connectivity index (χ0n) is 14.1. The van der Waals surface area contributed by atoms with Crippen LogP contribution in [0.4, 0.5) is 17.1 Å². The number of nitrogens with zero attached hydrogens (tertiary/aromatic N) is 4. The third-order valence-electron chi connectivity index (χ3n) is 4.32. The minimum atomic E-state index is -0.411. The second kappa shape index (κ2) is 8.57. The van der Waals surface area contributed by atoms with E-state index in [1.54, 1.807) is 18.3 Å². The van der Waals surface area contributed by atoms with Crippen molar-refractivity contribution in [1.29, 1.82) is 0 Å². The van der Waals surface area contributed by atoms with Crippen LogP contribution in [0.2, 0.25) is 0 Å². The van der Waals surface area contributed by atoms with E-state index in [9.17, 15) is 10.1 Å². The second-order valence-corrected chi connectivity index (χ2v) is 7.38. The molecule has 136 valence electrons. The summed E-state index contributed by atoms with van der Waals surface area (Å²) < 4.78 is -0.00622. The molecule has 0 radical (unpaired) electrons. The van der Waals surface area contributed by atoms with Crippen LogP contribution in [-0.2, 0) is 0 Å². The van der Waals surface area contributed by atoms with Crippen LogP contribution in [0.25, 0.3) is 0 Å². The Balaban J connectivity index is 1.60. The van der Waals surface area contributed by atoms with E-state index in [1.807, 2.05) is 12.1 Å². The second-order valence-electron chi connectivity index (χ2n) is 5.99. The lowest BCUT2D eigenvalue weighted by Crippen LogP contribution is -2.47. The van der Waals surface area contributed by atoms with Gasteiger partial charge in [0.1, 0.15) is 0 Å². The smallest absolute Gasteiger partial charge is 0.269 e. The summed E-state index contributed by atoms with van der Waals surface area (Å²) in [7, 11) is 0. The van der Waals surface area contributed by atoms with Crippen molar-refractivity contribution in [3.8, 4) is 0 Å². The quantitative estimate of drug-likeness (QED) is 0.270. The molecule has 6 nitrogen and oxygen atoms in total. The molecule has 0 aromatic heterocycles. The van der Waals surface area contributed by atoms with E-state index < -0.39 is 4.92 Å². The average molecular weight is 389 g/mol. The van der Waals surface area contributed by atoms with Gasteiger partial charge < -0.3 is 4.90 Å². The van der Waals surface area contributed by atoms with Gasteiger partial charge in [-0.05, 0) is 42.0 Å². The first-order valence-electron chi connectivity index (χ1n) is 8.27. The van der Waals surface area contributed by atoms with Gasteiger partial charge in [-0.1, -0.05) is 0 Å². The first kappa shape index (κ1) is 18.8. The molecule has 0 unspecified atom stereocenters. The van der Waals surface area contributed by atoms with E-state index in [4.69, 9.17) is 0 Å². The first-order chi connectivity index (χ1) is 12.5. The number of hydrogen-bond donors (Lipinski definition) is 2. The summed E-state index contributed by atoms with van der Waals surface area (Å²) >= 11 is 8.73. The normalized spacial score (nSPS) is 15.7. The van der Waals surface area contributed by atoms with Crippen molar-refractivity contribution >= 4 is 48.5 Å². The highest BCUT2D eigenvalue weighted by atomic mass is 32.2. The molecule has 1 aliphatic heterocycles. The molecule has 2 aromatic carbocycles. The number of nitro benzene ring substituents is 1. The largest absolute Gasteiger partial charge is 0.369 e. The van der Waals surface area contributed by atoms with Gasteiger partial charge in [-0.3, -0.25) is 20.0 Å². The molecule has 0 spiro atoms. The van der Waals surface area contributed by atoms with Crippen molar-refractivity contribution in [2.24, 2.45) is 4.99 Å². The molecule has 0 amide bonds. The summed E-state index contributed by atoms with van der Waals surface area (Å²) in [5.41, 5.74) is 2.92. The Hall–Kier alpha value is -2.03. The fourth-order valence-corrected chi connectivity index (χ4v) is 3.25. The third kappa shape index (κ3) is 4.78. The Morgan fingerprint density at radius 3 is 2.15 bits per heavy atom. The van der Waals surface area contributed by atoms with Crippen LogP contribution in [-0.4, -0.2) is 46.9 Å². The zero-order valence-corrected chi connectivity index (χ0v) is 15.9. The molecule has 3 rings (SSSR count). The van der Waals surface area contributed by atoms with Crippen molar-refractivity contribution in [3.63, 3.8) is 0 Å². The molecule has 1 heterocycles. The summed E-state index contributed by atoms with van der Waals surface area (Å²) in [6.07, 6.45) is 1.71. The molecule has 0 saturated carbocycles. The first-order valence-corrected chi connectivity index (χ1v) is 9.30. The molecule has 2 aromatic rings. The highest BCUT2D eigenvalue weighted by molar-refractivity contribution is 7.99. The Labute approximate surface area is 163 Å². The lowest BCUT2D eigenvalue weighted by molar-refractivity contribution is -0.384. The average Bonchev–Trinajstić information content (AvgIpc) is 2.67. The zero-order chi connectivity index (χ0) is 18.5. The van der Waals surface area contributed by atoms with Gasteiger partial charge >= 0.3 is 0 Å². The maximum absolute atomic E-state index is 10.7. The molecule has 1 aliphatic rings. The standard InChI is InChI=1S/C18H20N4O2S2/c23-22(24)17-5-1-14(2-6-17)13-19-15-3-7-16(8-4-15)20-9-11-21(12-10-20)18(25)26/h1-8,13,18,25-26H,9-12H2. The van der Waals surface area contributed by atoms with Crippen LogP contribution in [0.3, 0.4) is 0 Å². The predicted molar refractivity (Wildman–Crippen MR) is 112 cm³/mol. The van der Waals surface area contributed by atoms with Gasteiger partial charge in [0.05, 0.1) is 15.3 Å². The lowest BCUT2D eigenvalue weighted by Gasteiger charge is -2.37. The minimum Gasteiger partial charge on any atom is -0.369 e. The van der Waals surface area contributed by atoms with E-state index in [-0.39, 0.29) is 10.4 Å². The number of hydrogen-bond acceptors (Lipinski definition) is 7. The number of piperazine rings is 1. The van der Waals surface area contributed by atoms with Crippen molar-refractivity contribution in [1.82, 2.24) is 4.90 Å². The van der Waals surface area contributed by atoms with E-state index in [2.05, 4.69) is 52.2 Å². The summed E-state index contributed by atoms with van der Waals surface area (Å²) in [5, 5.41) is 10.7. The number of benzene rings is 2. The molecular weight excluding hydrogens is 368 g/mol. The van der Waals surface area contributed by atoms with Gasteiger partial charge in [-0.15, -0.1) is 25.3 Å². The lowest BCUT2D eigenvalue weighted by atomic mass is 10.2. The highest BCUT2D eigenvalue weighted by Gasteiger charge is 2.19. The van der Waals surface area contributed by atoms with Crippen LogP contribution in [0.15, 0.2) is 53.5 Å².